The molecule has 0 unspecified atom stereocenters. The van der Waals surface area contributed by atoms with E-state index in [1.54, 1.807) is 0 Å². The van der Waals surface area contributed by atoms with Gasteiger partial charge in [0.15, 0.2) is 0 Å². The standard InChI is InChI=1S/C6H15N.C4H10O4/c1-2-3-4-5-6-7;5-1-3-7-8-4-2-6/h2-7H2,1H3;5-6H,1-4H2. The topological polar surface area (TPSA) is 84.9 Å². The van der Waals surface area contributed by atoms with Crippen LogP contribution in [0.4, 0.5) is 0 Å². The lowest BCUT2D eigenvalue weighted by molar-refractivity contribution is -0.300. The zero-order valence-corrected chi connectivity index (χ0v) is 9.65. The SMILES string of the molecule is CCCCCCN.OCCOOCCO. The summed E-state index contributed by atoms with van der Waals surface area (Å²) in [5.41, 5.74) is 5.27. The number of aliphatic hydroxyl groups excluding tert-OH is 2. The normalized spacial score (nSPS) is 9.60. The molecule has 5 nitrogen and oxygen atoms in total. The third kappa shape index (κ3) is 24.8. The largest absolute Gasteiger partial charge is 0.394 e. The zero-order valence-electron chi connectivity index (χ0n) is 9.65. The lowest BCUT2D eigenvalue weighted by Crippen LogP contribution is -2.03. The number of hydrogen-bond donors (Lipinski definition) is 3. The summed E-state index contributed by atoms with van der Waals surface area (Å²) < 4.78 is 0. The number of aliphatic hydroxyl groups is 2. The van der Waals surface area contributed by atoms with Crippen molar-refractivity contribution in [3.63, 3.8) is 0 Å². The molecule has 0 saturated heterocycles. The van der Waals surface area contributed by atoms with E-state index >= 15 is 0 Å². The smallest absolute Gasteiger partial charge is 0.105 e. The van der Waals surface area contributed by atoms with Gasteiger partial charge in [-0.3, -0.25) is 0 Å². The highest BCUT2D eigenvalue weighted by atomic mass is 17.2. The molecule has 0 aromatic carbocycles. The van der Waals surface area contributed by atoms with Crippen molar-refractivity contribution in [3.05, 3.63) is 0 Å². The molecule has 15 heavy (non-hydrogen) atoms. The van der Waals surface area contributed by atoms with Crippen molar-refractivity contribution in [2.24, 2.45) is 5.73 Å². The minimum atomic E-state index is -0.0641. The van der Waals surface area contributed by atoms with Crippen LogP contribution in [0.1, 0.15) is 32.6 Å². The summed E-state index contributed by atoms with van der Waals surface area (Å²) in [6.07, 6.45) is 5.16. The molecule has 0 spiro atoms. The minimum Gasteiger partial charge on any atom is -0.394 e. The molecule has 0 heterocycles. The van der Waals surface area contributed by atoms with Crippen molar-refractivity contribution < 1.29 is 20.0 Å². The molecular formula is C10H25NO4. The molecule has 0 aliphatic rings. The van der Waals surface area contributed by atoms with E-state index in [9.17, 15) is 0 Å². The van der Waals surface area contributed by atoms with Crippen LogP contribution < -0.4 is 5.73 Å². The van der Waals surface area contributed by atoms with Gasteiger partial charge in [0, 0.05) is 0 Å². The molecule has 0 aliphatic heterocycles. The Labute approximate surface area is 92.1 Å². The fourth-order valence-electron chi connectivity index (χ4n) is 0.764. The van der Waals surface area contributed by atoms with E-state index in [1.165, 1.54) is 25.7 Å². The van der Waals surface area contributed by atoms with Crippen molar-refractivity contribution in [1.82, 2.24) is 0 Å². The van der Waals surface area contributed by atoms with E-state index in [4.69, 9.17) is 15.9 Å². The molecule has 0 bridgehead atoms. The average Bonchev–Trinajstić information content (AvgIpc) is 2.26. The Kier molecular flexibility index (Phi) is 22.2. The van der Waals surface area contributed by atoms with Crippen molar-refractivity contribution >= 4 is 0 Å². The first-order chi connectivity index (χ1) is 7.33. The zero-order chi connectivity index (χ0) is 11.8. The molecule has 0 radical (unpaired) electrons. The molecule has 0 aromatic heterocycles. The maximum atomic E-state index is 8.10. The second-order valence-corrected chi connectivity index (χ2v) is 2.94. The van der Waals surface area contributed by atoms with Crippen LogP contribution in [0.2, 0.25) is 0 Å². The maximum absolute atomic E-state index is 8.10. The van der Waals surface area contributed by atoms with Gasteiger partial charge in [0.05, 0.1) is 13.2 Å². The summed E-state index contributed by atoms with van der Waals surface area (Å²) in [6, 6.07) is 0. The number of unbranched alkanes of at least 4 members (excludes halogenated alkanes) is 3. The first-order valence-electron chi connectivity index (χ1n) is 5.49. The fourth-order valence-corrected chi connectivity index (χ4v) is 0.764. The van der Waals surface area contributed by atoms with E-state index in [1.807, 2.05) is 0 Å². The predicted octanol–water partition coefficient (Wildman–Crippen LogP) is 0.445. The molecule has 0 amide bonds. The van der Waals surface area contributed by atoms with Gasteiger partial charge in [0.1, 0.15) is 13.2 Å². The van der Waals surface area contributed by atoms with Crippen molar-refractivity contribution in [3.8, 4) is 0 Å². The molecule has 0 fully saturated rings. The summed E-state index contributed by atoms with van der Waals surface area (Å²) in [5.74, 6) is 0. The Balaban J connectivity index is 0. The van der Waals surface area contributed by atoms with E-state index in [-0.39, 0.29) is 26.4 Å². The maximum Gasteiger partial charge on any atom is 0.105 e. The van der Waals surface area contributed by atoms with Gasteiger partial charge in [-0.1, -0.05) is 26.2 Å². The van der Waals surface area contributed by atoms with Crippen LogP contribution in [-0.4, -0.2) is 43.2 Å². The van der Waals surface area contributed by atoms with Crippen LogP contribution in [0.3, 0.4) is 0 Å². The molecule has 0 aromatic rings. The Hall–Kier alpha value is -0.200. The minimum absolute atomic E-state index is 0.0641. The summed E-state index contributed by atoms with van der Waals surface area (Å²) in [6.45, 7) is 3.24. The predicted molar refractivity (Wildman–Crippen MR) is 59.3 cm³/mol. The molecule has 0 rings (SSSR count). The van der Waals surface area contributed by atoms with E-state index in [0.29, 0.717) is 0 Å². The lowest BCUT2D eigenvalue weighted by atomic mass is 10.2. The van der Waals surface area contributed by atoms with E-state index in [2.05, 4.69) is 16.7 Å². The van der Waals surface area contributed by atoms with Crippen molar-refractivity contribution in [2.75, 3.05) is 33.0 Å². The summed E-state index contributed by atoms with van der Waals surface area (Å²) in [5, 5.41) is 16.2. The number of hydrogen-bond acceptors (Lipinski definition) is 5. The number of rotatable bonds is 9. The van der Waals surface area contributed by atoms with Gasteiger partial charge >= 0.3 is 0 Å². The lowest BCUT2D eigenvalue weighted by Gasteiger charge is -1.97. The van der Waals surface area contributed by atoms with Crippen LogP contribution in [0.15, 0.2) is 0 Å². The highest BCUT2D eigenvalue weighted by molar-refractivity contribution is 4.38. The molecule has 5 heteroatoms. The fraction of sp³-hybridized carbons (Fsp3) is 1.00. The van der Waals surface area contributed by atoms with Crippen LogP contribution in [-0.2, 0) is 9.78 Å². The molecule has 94 valence electrons. The van der Waals surface area contributed by atoms with Crippen LogP contribution in [0.25, 0.3) is 0 Å². The Morgan fingerprint density at radius 2 is 1.47 bits per heavy atom. The summed E-state index contributed by atoms with van der Waals surface area (Å²) in [7, 11) is 0. The van der Waals surface area contributed by atoms with E-state index < -0.39 is 0 Å². The Morgan fingerprint density at radius 3 is 1.80 bits per heavy atom. The van der Waals surface area contributed by atoms with Gasteiger partial charge in [-0.05, 0) is 13.0 Å². The van der Waals surface area contributed by atoms with Crippen LogP contribution in [0, 0.1) is 0 Å². The highest BCUT2D eigenvalue weighted by Crippen LogP contribution is 1.95. The first-order valence-corrected chi connectivity index (χ1v) is 5.49. The quantitative estimate of drug-likeness (QED) is 0.300. The van der Waals surface area contributed by atoms with Gasteiger partial charge in [-0.2, -0.15) is 0 Å². The van der Waals surface area contributed by atoms with Crippen molar-refractivity contribution in [2.45, 2.75) is 32.6 Å². The highest BCUT2D eigenvalue weighted by Gasteiger charge is 1.83. The average molecular weight is 223 g/mol. The monoisotopic (exact) mass is 223 g/mol. The van der Waals surface area contributed by atoms with Gasteiger partial charge in [0.25, 0.3) is 0 Å². The number of nitrogens with two attached hydrogens (primary N) is 1. The van der Waals surface area contributed by atoms with Gasteiger partial charge in [-0.15, -0.1) is 0 Å². The van der Waals surface area contributed by atoms with Gasteiger partial charge < -0.3 is 15.9 Å². The van der Waals surface area contributed by atoms with Crippen LogP contribution >= 0.6 is 0 Å². The second kappa shape index (κ2) is 19.4. The second-order valence-electron chi connectivity index (χ2n) is 2.94. The Bertz CT molecular complexity index is 83.5. The van der Waals surface area contributed by atoms with Gasteiger partial charge in [0.2, 0.25) is 0 Å². The third-order valence-corrected chi connectivity index (χ3v) is 1.49. The summed E-state index contributed by atoms with van der Waals surface area (Å²) in [4.78, 5) is 8.63. The summed E-state index contributed by atoms with van der Waals surface area (Å²) >= 11 is 0. The molecule has 0 saturated carbocycles. The molecule has 0 atom stereocenters. The Morgan fingerprint density at radius 1 is 0.933 bits per heavy atom. The third-order valence-electron chi connectivity index (χ3n) is 1.49. The molecule has 0 aliphatic carbocycles. The first kappa shape index (κ1) is 17.2. The van der Waals surface area contributed by atoms with Crippen LogP contribution in [0.5, 0.6) is 0 Å². The van der Waals surface area contributed by atoms with Gasteiger partial charge in [-0.25, -0.2) is 9.78 Å². The molecule has 4 N–H and O–H groups in total. The van der Waals surface area contributed by atoms with Crippen molar-refractivity contribution in [1.29, 1.82) is 0 Å². The van der Waals surface area contributed by atoms with E-state index in [0.717, 1.165) is 6.54 Å². The molecular weight excluding hydrogens is 198 g/mol.